The van der Waals surface area contributed by atoms with Crippen molar-refractivity contribution in [3.05, 3.63) is 54.2 Å². The summed E-state index contributed by atoms with van der Waals surface area (Å²) in [5.41, 5.74) is 2.26. The molecule has 2 aromatic carbocycles. The summed E-state index contributed by atoms with van der Waals surface area (Å²) in [4.78, 5) is 6.78. The van der Waals surface area contributed by atoms with Gasteiger partial charge in [0.2, 0.25) is 0 Å². The molecule has 150 valence electrons. The average Bonchev–Trinajstić information content (AvgIpc) is 2.77. The second kappa shape index (κ2) is 10.4. The number of methoxy groups -OCH3 is 2. The first kappa shape index (κ1) is 21.4. The zero-order chi connectivity index (χ0) is 20.5. The summed E-state index contributed by atoms with van der Waals surface area (Å²) in [6, 6.07) is 14.2. The summed E-state index contributed by atoms with van der Waals surface area (Å²) < 4.78 is 10.7. The maximum atomic E-state index is 5.48. The van der Waals surface area contributed by atoms with Gasteiger partial charge < -0.3 is 19.7 Å². The van der Waals surface area contributed by atoms with Gasteiger partial charge in [-0.3, -0.25) is 0 Å². The second-order valence-electron chi connectivity index (χ2n) is 6.08. The first-order valence-corrected chi connectivity index (χ1v) is 9.71. The minimum atomic E-state index is 0.618. The van der Waals surface area contributed by atoms with Gasteiger partial charge in [-0.1, -0.05) is 26.0 Å². The standard InChI is InChI=1S/C21H25N3O2.C2H6/c1-5-24(2)19-8-6-7-18-17(19)11-12-22-21(18)23-14-15-9-10-16(25-3)13-20(15)26-4;1-2/h6-13H,5,14H2,1-4H3,(H,22,23);1-2H3. The molecule has 0 aliphatic rings. The molecule has 0 aliphatic heterocycles. The Morgan fingerprint density at radius 2 is 1.79 bits per heavy atom. The molecular formula is C23H31N3O2. The van der Waals surface area contributed by atoms with Crippen LogP contribution in [0.1, 0.15) is 26.3 Å². The Balaban J connectivity index is 0.00000136. The van der Waals surface area contributed by atoms with Gasteiger partial charge in [0.15, 0.2) is 0 Å². The van der Waals surface area contributed by atoms with Crippen molar-refractivity contribution in [3.8, 4) is 11.5 Å². The summed E-state index contributed by atoms with van der Waals surface area (Å²) in [6.45, 7) is 7.72. The third-order valence-corrected chi connectivity index (χ3v) is 4.61. The Hall–Kier alpha value is -2.95. The van der Waals surface area contributed by atoms with Crippen molar-refractivity contribution >= 4 is 22.3 Å². The molecule has 5 nitrogen and oxygen atoms in total. The van der Waals surface area contributed by atoms with Gasteiger partial charge in [0.05, 0.1) is 14.2 Å². The monoisotopic (exact) mass is 381 g/mol. The van der Waals surface area contributed by atoms with Crippen molar-refractivity contribution < 1.29 is 9.47 Å². The smallest absolute Gasteiger partial charge is 0.134 e. The molecule has 0 aliphatic carbocycles. The minimum Gasteiger partial charge on any atom is -0.497 e. The van der Waals surface area contributed by atoms with Crippen LogP contribution >= 0.6 is 0 Å². The van der Waals surface area contributed by atoms with E-state index in [9.17, 15) is 0 Å². The van der Waals surface area contributed by atoms with E-state index in [1.54, 1.807) is 14.2 Å². The highest BCUT2D eigenvalue weighted by molar-refractivity contribution is 6.00. The van der Waals surface area contributed by atoms with Crippen molar-refractivity contribution in [1.82, 2.24) is 4.98 Å². The lowest BCUT2D eigenvalue weighted by Gasteiger charge is -2.20. The largest absolute Gasteiger partial charge is 0.497 e. The van der Waals surface area contributed by atoms with Gasteiger partial charge in [-0.05, 0) is 31.2 Å². The van der Waals surface area contributed by atoms with Gasteiger partial charge in [0.25, 0.3) is 0 Å². The number of fused-ring (bicyclic) bond motifs is 1. The number of hydrogen-bond donors (Lipinski definition) is 1. The van der Waals surface area contributed by atoms with E-state index in [1.807, 2.05) is 38.2 Å². The van der Waals surface area contributed by atoms with Crippen LogP contribution in [0.5, 0.6) is 11.5 Å². The molecule has 5 heteroatoms. The molecule has 0 saturated carbocycles. The molecule has 3 aromatic rings. The zero-order valence-electron chi connectivity index (χ0n) is 17.7. The van der Waals surface area contributed by atoms with Gasteiger partial charge in [0, 0.05) is 54.4 Å². The van der Waals surface area contributed by atoms with E-state index in [0.29, 0.717) is 6.54 Å². The number of nitrogens with one attached hydrogen (secondary N) is 1. The summed E-state index contributed by atoms with van der Waals surface area (Å²) >= 11 is 0. The van der Waals surface area contributed by atoms with Gasteiger partial charge in [-0.15, -0.1) is 0 Å². The summed E-state index contributed by atoms with van der Waals surface area (Å²) in [7, 11) is 5.42. The van der Waals surface area contributed by atoms with E-state index >= 15 is 0 Å². The van der Waals surface area contributed by atoms with Crippen molar-refractivity contribution in [3.63, 3.8) is 0 Å². The molecule has 0 radical (unpaired) electrons. The molecule has 0 atom stereocenters. The lowest BCUT2D eigenvalue weighted by Crippen LogP contribution is -2.16. The highest BCUT2D eigenvalue weighted by Gasteiger charge is 2.10. The summed E-state index contributed by atoms with van der Waals surface area (Å²) in [6.07, 6.45) is 1.85. The Morgan fingerprint density at radius 3 is 2.46 bits per heavy atom. The minimum absolute atomic E-state index is 0.618. The Kier molecular flexibility index (Phi) is 7.93. The SMILES string of the molecule is CC.CCN(C)c1cccc2c(NCc3ccc(OC)cc3OC)nccc12. The summed E-state index contributed by atoms with van der Waals surface area (Å²) in [5.74, 6) is 2.44. The second-order valence-corrected chi connectivity index (χ2v) is 6.08. The van der Waals surface area contributed by atoms with Crippen molar-refractivity contribution in [1.29, 1.82) is 0 Å². The van der Waals surface area contributed by atoms with E-state index in [0.717, 1.165) is 34.8 Å². The van der Waals surface area contributed by atoms with Crippen LogP contribution in [-0.2, 0) is 6.54 Å². The molecule has 0 spiro atoms. The van der Waals surface area contributed by atoms with Crippen LogP contribution in [0.3, 0.4) is 0 Å². The van der Waals surface area contributed by atoms with Crippen molar-refractivity contribution in [2.24, 2.45) is 0 Å². The number of ether oxygens (including phenoxy) is 2. The fourth-order valence-corrected chi connectivity index (χ4v) is 3.01. The third-order valence-electron chi connectivity index (χ3n) is 4.61. The molecule has 1 N–H and O–H groups in total. The molecule has 0 saturated heterocycles. The molecule has 28 heavy (non-hydrogen) atoms. The molecule has 1 heterocycles. The number of pyridine rings is 1. The van der Waals surface area contributed by atoms with Crippen LogP contribution in [0.2, 0.25) is 0 Å². The highest BCUT2D eigenvalue weighted by atomic mass is 16.5. The predicted octanol–water partition coefficient (Wildman–Crippen LogP) is 5.35. The topological polar surface area (TPSA) is 46.6 Å². The van der Waals surface area contributed by atoms with E-state index in [1.165, 1.54) is 11.1 Å². The Bertz CT molecular complexity index is 896. The van der Waals surface area contributed by atoms with Gasteiger partial charge in [-0.25, -0.2) is 4.98 Å². The maximum Gasteiger partial charge on any atom is 0.134 e. The van der Waals surface area contributed by atoms with E-state index in [-0.39, 0.29) is 0 Å². The van der Waals surface area contributed by atoms with Gasteiger partial charge >= 0.3 is 0 Å². The Morgan fingerprint density at radius 1 is 1.00 bits per heavy atom. The van der Waals surface area contributed by atoms with Gasteiger partial charge in [-0.2, -0.15) is 0 Å². The quantitative estimate of drug-likeness (QED) is 0.598. The number of anilines is 2. The lowest BCUT2D eigenvalue weighted by atomic mass is 10.1. The normalized spacial score (nSPS) is 10.1. The number of aromatic nitrogens is 1. The number of nitrogens with zero attached hydrogens (tertiary/aromatic N) is 2. The van der Waals surface area contributed by atoms with Gasteiger partial charge in [0.1, 0.15) is 17.3 Å². The van der Waals surface area contributed by atoms with Crippen LogP contribution in [0.25, 0.3) is 10.8 Å². The van der Waals surface area contributed by atoms with Crippen LogP contribution in [-0.4, -0.2) is 32.8 Å². The average molecular weight is 382 g/mol. The van der Waals surface area contributed by atoms with Crippen molar-refractivity contribution in [2.45, 2.75) is 27.3 Å². The Labute approximate surface area is 168 Å². The molecule has 1 aromatic heterocycles. The molecule has 0 fully saturated rings. The number of rotatable bonds is 7. The number of benzene rings is 2. The first-order chi connectivity index (χ1) is 13.7. The summed E-state index contributed by atoms with van der Waals surface area (Å²) in [5, 5.41) is 5.75. The fraction of sp³-hybridized carbons (Fsp3) is 0.348. The molecule has 0 amide bonds. The first-order valence-electron chi connectivity index (χ1n) is 9.71. The number of hydrogen-bond acceptors (Lipinski definition) is 5. The molecule has 3 rings (SSSR count). The van der Waals surface area contributed by atoms with E-state index < -0.39 is 0 Å². The van der Waals surface area contributed by atoms with E-state index in [2.05, 4.69) is 53.4 Å². The maximum absolute atomic E-state index is 5.48. The van der Waals surface area contributed by atoms with Crippen molar-refractivity contribution in [2.75, 3.05) is 38.0 Å². The highest BCUT2D eigenvalue weighted by Crippen LogP contribution is 2.31. The van der Waals surface area contributed by atoms with Crippen LogP contribution < -0.4 is 19.7 Å². The predicted molar refractivity (Wildman–Crippen MR) is 119 cm³/mol. The molecule has 0 bridgehead atoms. The lowest BCUT2D eigenvalue weighted by molar-refractivity contribution is 0.391. The van der Waals surface area contributed by atoms with E-state index in [4.69, 9.17) is 9.47 Å². The van der Waals surface area contributed by atoms with Crippen LogP contribution in [0.15, 0.2) is 48.7 Å². The van der Waals surface area contributed by atoms with Crippen LogP contribution in [0, 0.1) is 0 Å². The van der Waals surface area contributed by atoms with Crippen LogP contribution in [0.4, 0.5) is 11.5 Å². The fourth-order valence-electron chi connectivity index (χ4n) is 3.01. The third kappa shape index (κ3) is 4.66. The molecule has 0 unspecified atom stereocenters. The molecular weight excluding hydrogens is 350 g/mol. The zero-order valence-corrected chi connectivity index (χ0v) is 17.7.